The molecular weight excluding hydrogens is 366 g/mol. The predicted octanol–water partition coefficient (Wildman–Crippen LogP) is 7.26. The smallest absolute Gasteiger partial charge is 0.160 e. The third-order valence-electron chi connectivity index (χ3n) is 4.85. The van der Waals surface area contributed by atoms with Gasteiger partial charge in [0, 0.05) is 11.1 Å². The molecule has 29 heavy (non-hydrogen) atoms. The first-order valence-corrected chi connectivity index (χ1v) is 10.3. The Kier molecular flexibility index (Phi) is 7.64. The summed E-state index contributed by atoms with van der Waals surface area (Å²) in [6.07, 6.45) is 7.48. The van der Waals surface area contributed by atoms with Crippen molar-refractivity contribution in [3.63, 3.8) is 0 Å². The molecule has 0 radical (unpaired) electrons. The molecule has 0 fully saturated rings. The maximum Gasteiger partial charge on any atom is 0.160 e. The first-order valence-electron chi connectivity index (χ1n) is 10.3. The number of hydrogen-bond acceptors (Lipinski definition) is 1. The number of unbranched alkanes of at least 4 members (excludes halogenated alkanes) is 5. The number of hydrogen-bond donors (Lipinski definition) is 0. The fourth-order valence-electron chi connectivity index (χ4n) is 3.18. The zero-order valence-electron chi connectivity index (χ0n) is 16.8. The van der Waals surface area contributed by atoms with Crippen LogP contribution in [0.3, 0.4) is 0 Å². The second-order valence-electron chi connectivity index (χ2n) is 7.22. The van der Waals surface area contributed by atoms with E-state index in [9.17, 15) is 8.78 Å². The van der Waals surface area contributed by atoms with Gasteiger partial charge in [-0.1, -0.05) is 63.0 Å². The van der Waals surface area contributed by atoms with Crippen molar-refractivity contribution in [1.82, 2.24) is 0 Å². The molecule has 0 amide bonds. The van der Waals surface area contributed by atoms with E-state index in [0.29, 0.717) is 5.56 Å². The molecule has 0 N–H and O–H groups in total. The quantitative estimate of drug-likeness (QED) is 0.290. The average molecular weight is 392 g/mol. The topological polar surface area (TPSA) is 9.23 Å². The minimum atomic E-state index is -0.885. The van der Waals surface area contributed by atoms with Gasteiger partial charge in [-0.15, -0.1) is 0 Å². The van der Waals surface area contributed by atoms with Crippen LogP contribution in [0.4, 0.5) is 8.78 Å². The molecule has 0 aliphatic carbocycles. The summed E-state index contributed by atoms with van der Waals surface area (Å²) in [6, 6.07) is 15.6. The molecular formula is C26H26F2O. The first-order chi connectivity index (χ1) is 14.2. The van der Waals surface area contributed by atoms with Gasteiger partial charge in [-0.05, 0) is 59.7 Å². The van der Waals surface area contributed by atoms with Crippen LogP contribution in [0.2, 0.25) is 0 Å². The highest BCUT2D eigenvalue weighted by atomic mass is 19.2. The van der Waals surface area contributed by atoms with Crippen LogP contribution in [0.15, 0.2) is 54.6 Å². The first kappa shape index (κ1) is 20.9. The van der Waals surface area contributed by atoms with Crippen LogP contribution in [0.5, 0.6) is 5.75 Å². The average Bonchev–Trinajstić information content (AvgIpc) is 2.74. The van der Waals surface area contributed by atoms with Gasteiger partial charge < -0.3 is 4.74 Å². The van der Waals surface area contributed by atoms with E-state index in [1.165, 1.54) is 38.2 Å². The van der Waals surface area contributed by atoms with Crippen molar-refractivity contribution < 1.29 is 13.5 Å². The van der Waals surface area contributed by atoms with Crippen LogP contribution in [0.25, 0.3) is 10.8 Å². The van der Waals surface area contributed by atoms with Gasteiger partial charge >= 0.3 is 0 Å². The fraction of sp³-hybridized carbons (Fsp3) is 0.308. The molecule has 1 nitrogen and oxygen atoms in total. The monoisotopic (exact) mass is 392 g/mol. The standard InChI is InChI=1S/C26H26F2O/c1-2-3-4-5-6-7-16-29-24-14-13-22-17-20(10-12-23(22)19-24)8-9-21-11-15-25(27)26(28)18-21/h10-15,17-19H,2-7,16H2,1H3. The van der Waals surface area contributed by atoms with E-state index in [2.05, 4.69) is 18.8 Å². The molecule has 0 heterocycles. The molecule has 150 valence electrons. The highest BCUT2D eigenvalue weighted by Gasteiger charge is 2.01. The third-order valence-corrected chi connectivity index (χ3v) is 4.85. The zero-order valence-corrected chi connectivity index (χ0v) is 16.8. The van der Waals surface area contributed by atoms with Gasteiger partial charge in [0.1, 0.15) is 5.75 Å². The van der Waals surface area contributed by atoms with Crippen molar-refractivity contribution in [2.45, 2.75) is 45.4 Å². The highest BCUT2D eigenvalue weighted by Crippen LogP contribution is 2.22. The number of ether oxygens (including phenoxy) is 1. The Hall–Kier alpha value is -2.86. The second-order valence-corrected chi connectivity index (χ2v) is 7.22. The molecule has 0 saturated carbocycles. The van der Waals surface area contributed by atoms with Crippen molar-refractivity contribution >= 4 is 10.8 Å². The van der Waals surface area contributed by atoms with Crippen LogP contribution in [0.1, 0.15) is 56.6 Å². The van der Waals surface area contributed by atoms with E-state index in [-0.39, 0.29) is 0 Å². The van der Waals surface area contributed by atoms with Crippen molar-refractivity contribution in [2.24, 2.45) is 0 Å². The van der Waals surface area contributed by atoms with Gasteiger partial charge in [0.25, 0.3) is 0 Å². The van der Waals surface area contributed by atoms with E-state index in [4.69, 9.17) is 4.74 Å². The summed E-state index contributed by atoms with van der Waals surface area (Å²) in [6.45, 7) is 2.97. The van der Waals surface area contributed by atoms with Crippen LogP contribution in [-0.2, 0) is 0 Å². The van der Waals surface area contributed by atoms with Crippen LogP contribution in [-0.4, -0.2) is 6.61 Å². The summed E-state index contributed by atoms with van der Waals surface area (Å²) in [7, 11) is 0. The summed E-state index contributed by atoms with van der Waals surface area (Å²) < 4.78 is 32.2. The third kappa shape index (κ3) is 6.32. The van der Waals surface area contributed by atoms with E-state index in [0.717, 1.165) is 47.2 Å². The highest BCUT2D eigenvalue weighted by molar-refractivity contribution is 5.85. The molecule has 0 aliphatic rings. The van der Waals surface area contributed by atoms with Crippen molar-refractivity contribution in [2.75, 3.05) is 6.61 Å². The lowest BCUT2D eigenvalue weighted by atomic mass is 10.1. The fourth-order valence-corrected chi connectivity index (χ4v) is 3.18. The van der Waals surface area contributed by atoms with Gasteiger partial charge in [0.05, 0.1) is 6.61 Å². The molecule has 0 aliphatic heterocycles. The number of fused-ring (bicyclic) bond motifs is 1. The lowest BCUT2D eigenvalue weighted by Gasteiger charge is -2.07. The van der Waals surface area contributed by atoms with Crippen molar-refractivity contribution in [3.05, 3.63) is 77.4 Å². The van der Waals surface area contributed by atoms with Crippen molar-refractivity contribution in [3.8, 4) is 17.6 Å². The summed E-state index contributed by atoms with van der Waals surface area (Å²) in [5.41, 5.74) is 1.27. The minimum Gasteiger partial charge on any atom is -0.494 e. The Bertz CT molecular complexity index is 1010. The molecule has 0 atom stereocenters. The lowest BCUT2D eigenvalue weighted by molar-refractivity contribution is 0.305. The van der Waals surface area contributed by atoms with Gasteiger partial charge in [0.2, 0.25) is 0 Å². The van der Waals surface area contributed by atoms with E-state index in [1.54, 1.807) is 0 Å². The molecule has 0 spiro atoms. The van der Waals surface area contributed by atoms with Gasteiger partial charge in [-0.2, -0.15) is 0 Å². The molecule has 0 saturated heterocycles. The molecule has 3 aromatic rings. The Labute approximate surface area is 171 Å². The molecule has 3 aromatic carbocycles. The Balaban J connectivity index is 1.59. The van der Waals surface area contributed by atoms with Gasteiger partial charge in [0.15, 0.2) is 11.6 Å². The second kappa shape index (κ2) is 10.6. The minimum absolute atomic E-state index is 0.447. The summed E-state index contributed by atoms with van der Waals surface area (Å²) in [5.74, 6) is 5.01. The Morgan fingerprint density at radius 1 is 0.690 bits per heavy atom. The molecule has 3 heteroatoms. The molecule has 0 bridgehead atoms. The van der Waals surface area contributed by atoms with Crippen LogP contribution < -0.4 is 4.74 Å². The normalized spacial score (nSPS) is 10.6. The SMILES string of the molecule is CCCCCCCCOc1ccc2cc(C#Cc3ccc(F)c(F)c3)ccc2c1. The molecule has 0 aromatic heterocycles. The van der Waals surface area contributed by atoms with Crippen LogP contribution in [0, 0.1) is 23.5 Å². The maximum absolute atomic E-state index is 13.3. The van der Waals surface area contributed by atoms with Gasteiger partial charge in [-0.3, -0.25) is 0 Å². The number of benzene rings is 3. The largest absolute Gasteiger partial charge is 0.494 e. The van der Waals surface area contributed by atoms with Crippen molar-refractivity contribution in [1.29, 1.82) is 0 Å². The van der Waals surface area contributed by atoms with Gasteiger partial charge in [-0.25, -0.2) is 8.78 Å². The number of halogens is 2. The van der Waals surface area contributed by atoms with E-state index >= 15 is 0 Å². The van der Waals surface area contributed by atoms with Crippen LogP contribution >= 0.6 is 0 Å². The maximum atomic E-state index is 13.3. The summed E-state index contributed by atoms with van der Waals surface area (Å²) in [4.78, 5) is 0. The Morgan fingerprint density at radius 2 is 1.34 bits per heavy atom. The Morgan fingerprint density at radius 3 is 2.14 bits per heavy atom. The molecule has 0 unspecified atom stereocenters. The summed E-state index contributed by atoms with van der Waals surface area (Å²) in [5, 5.41) is 2.15. The molecule has 3 rings (SSSR count). The lowest BCUT2D eigenvalue weighted by Crippen LogP contribution is -1.97. The van der Waals surface area contributed by atoms with E-state index < -0.39 is 11.6 Å². The predicted molar refractivity (Wildman–Crippen MR) is 115 cm³/mol. The summed E-state index contributed by atoms with van der Waals surface area (Å²) >= 11 is 0. The zero-order chi connectivity index (χ0) is 20.5. The van der Waals surface area contributed by atoms with E-state index in [1.807, 2.05) is 36.4 Å². The number of rotatable bonds is 8.